The van der Waals surface area contributed by atoms with E-state index >= 15 is 0 Å². The molecule has 0 aliphatic heterocycles. The summed E-state index contributed by atoms with van der Waals surface area (Å²) in [7, 11) is 3.38. The number of aryl methyl sites for hydroxylation is 2. The molecule has 1 N–H and O–H groups in total. The smallest absolute Gasteiger partial charge is 0.340 e. The summed E-state index contributed by atoms with van der Waals surface area (Å²) in [4.78, 5) is 32.3. The van der Waals surface area contributed by atoms with E-state index in [4.69, 9.17) is 5.11 Å². The van der Waals surface area contributed by atoms with Crippen molar-refractivity contribution in [1.82, 2.24) is 14.9 Å². The topological polar surface area (TPSA) is 83.4 Å². The predicted octanol–water partition coefficient (Wildman–Crippen LogP) is 1.36. The van der Waals surface area contributed by atoms with Gasteiger partial charge in [-0.1, -0.05) is 0 Å². The molecule has 0 aliphatic rings. The minimum Gasteiger partial charge on any atom is -0.478 e. The summed E-state index contributed by atoms with van der Waals surface area (Å²) >= 11 is 1.27. The van der Waals surface area contributed by atoms with Gasteiger partial charge in [0.15, 0.2) is 0 Å². The number of carboxylic acids is 1. The molecule has 0 unspecified atom stereocenters. The van der Waals surface area contributed by atoms with Crippen molar-refractivity contribution in [2.24, 2.45) is 0 Å². The second-order valence-corrected chi connectivity index (χ2v) is 5.31. The van der Waals surface area contributed by atoms with E-state index in [0.717, 1.165) is 0 Å². The summed E-state index contributed by atoms with van der Waals surface area (Å²) in [6, 6.07) is 0. The van der Waals surface area contributed by atoms with Gasteiger partial charge in [-0.3, -0.25) is 4.79 Å². The normalized spacial score (nSPS) is 10.3. The molecule has 19 heavy (non-hydrogen) atoms. The molecule has 0 aromatic carbocycles. The van der Waals surface area contributed by atoms with Gasteiger partial charge in [-0.25, -0.2) is 14.8 Å². The van der Waals surface area contributed by atoms with E-state index in [0.29, 0.717) is 28.7 Å². The Hall–Kier alpha value is -1.63. The van der Waals surface area contributed by atoms with Gasteiger partial charge in [0, 0.05) is 26.3 Å². The van der Waals surface area contributed by atoms with Crippen molar-refractivity contribution in [3.05, 3.63) is 17.1 Å². The molecule has 0 fully saturated rings. The van der Waals surface area contributed by atoms with E-state index in [-0.39, 0.29) is 11.5 Å². The van der Waals surface area contributed by atoms with E-state index in [1.54, 1.807) is 27.9 Å². The van der Waals surface area contributed by atoms with Gasteiger partial charge in [0.25, 0.3) is 0 Å². The van der Waals surface area contributed by atoms with Crippen molar-refractivity contribution in [2.75, 3.05) is 19.8 Å². The third-order valence-electron chi connectivity index (χ3n) is 2.44. The lowest BCUT2D eigenvalue weighted by Gasteiger charge is -2.11. The van der Waals surface area contributed by atoms with Crippen LogP contribution in [0.15, 0.2) is 5.03 Å². The first-order valence-electron chi connectivity index (χ1n) is 5.74. The summed E-state index contributed by atoms with van der Waals surface area (Å²) in [5.41, 5.74) is 0.564. The maximum Gasteiger partial charge on any atom is 0.340 e. The third kappa shape index (κ3) is 4.20. The first-order valence-corrected chi connectivity index (χ1v) is 6.73. The summed E-state index contributed by atoms with van der Waals surface area (Å²) in [5.74, 6) is -0.0116. The van der Waals surface area contributed by atoms with Gasteiger partial charge in [0.05, 0.1) is 5.69 Å². The van der Waals surface area contributed by atoms with Crippen LogP contribution in [-0.4, -0.2) is 51.7 Å². The van der Waals surface area contributed by atoms with Crippen LogP contribution in [0.4, 0.5) is 0 Å². The monoisotopic (exact) mass is 283 g/mol. The number of thioether (sulfide) groups is 1. The molecule has 6 nitrogen and oxygen atoms in total. The van der Waals surface area contributed by atoms with E-state index in [1.165, 1.54) is 16.7 Å². The maximum absolute atomic E-state index is 11.4. The molecule has 0 atom stereocenters. The fourth-order valence-corrected chi connectivity index (χ4v) is 2.54. The first-order chi connectivity index (χ1) is 8.82. The molecule has 104 valence electrons. The number of nitrogens with zero attached hydrogens (tertiary/aromatic N) is 3. The van der Waals surface area contributed by atoms with Crippen LogP contribution in [0, 0.1) is 13.8 Å². The number of amides is 1. The van der Waals surface area contributed by atoms with Crippen molar-refractivity contribution < 1.29 is 14.7 Å². The van der Waals surface area contributed by atoms with Crippen LogP contribution in [0.5, 0.6) is 0 Å². The molecule has 1 aromatic heterocycles. The molecular formula is C12H17N3O3S. The quantitative estimate of drug-likeness (QED) is 0.649. The molecule has 1 amide bonds. The lowest BCUT2D eigenvalue weighted by atomic mass is 10.2. The summed E-state index contributed by atoms with van der Waals surface area (Å²) < 4.78 is 0. The number of carboxylic acid groups (broad SMARTS) is 1. The molecule has 0 saturated heterocycles. The molecule has 0 aliphatic carbocycles. The Labute approximate surface area is 116 Å². The van der Waals surface area contributed by atoms with Gasteiger partial charge >= 0.3 is 5.97 Å². The van der Waals surface area contributed by atoms with Gasteiger partial charge < -0.3 is 10.0 Å². The van der Waals surface area contributed by atoms with Crippen molar-refractivity contribution in [3.63, 3.8) is 0 Å². The standard InChI is InChI=1S/C12H17N3O3S/c1-7-10(12(17)18)11(14-8(2)13-7)19-6-5-9(16)15(3)4/h5-6H2,1-4H3,(H,17,18). The summed E-state index contributed by atoms with van der Waals surface area (Å²) in [6.45, 7) is 3.36. The first kappa shape index (κ1) is 15.4. The zero-order chi connectivity index (χ0) is 14.6. The van der Waals surface area contributed by atoms with Crippen LogP contribution in [-0.2, 0) is 4.79 Å². The largest absolute Gasteiger partial charge is 0.478 e. The molecule has 1 aromatic rings. The van der Waals surface area contributed by atoms with Crippen molar-refractivity contribution in [2.45, 2.75) is 25.3 Å². The van der Waals surface area contributed by atoms with Crippen LogP contribution >= 0.6 is 11.8 Å². The molecule has 1 rings (SSSR count). The summed E-state index contributed by atoms with van der Waals surface area (Å²) in [5, 5.41) is 9.59. The van der Waals surface area contributed by atoms with Crippen LogP contribution in [0.2, 0.25) is 0 Å². The zero-order valence-corrected chi connectivity index (χ0v) is 12.2. The zero-order valence-electron chi connectivity index (χ0n) is 11.4. The van der Waals surface area contributed by atoms with E-state index < -0.39 is 5.97 Å². The van der Waals surface area contributed by atoms with Crippen molar-refractivity contribution in [3.8, 4) is 0 Å². The number of rotatable bonds is 5. The Morgan fingerprint density at radius 2 is 1.89 bits per heavy atom. The highest BCUT2D eigenvalue weighted by Gasteiger charge is 2.17. The van der Waals surface area contributed by atoms with Crippen LogP contribution in [0.3, 0.4) is 0 Å². The minimum absolute atomic E-state index is 0.00637. The average Bonchev–Trinajstić information content (AvgIpc) is 2.26. The Bertz CT molecular complexity index is 503. The molecule has 0 saturated carbocycles. The second kappa shape index (κ2) is 6.51. The average molecular weight is 283 g/mol. The van der Waals surface area contributed by atoms with Gasteiger partial charge in [0.2, 0.25) is 5.91 Å². The van der Waals surface area contributed by atoms with Gasteiger partial charge in [0.1, 0.15) is 16.4 Å². The van der Waals surface area contributed by atoms with Gasteiger partial charge in [-0.2, -0.15) is 0 Å². The highest BCUT2D eigenvalue weighted by molar-refractivity contribution is 7.99. The number of hydrogen-bond acceptors (Lipinski definition) is 5. The van der Waals surface area contributed by atoms with Gasteiger partial charge in [-0.05, 0) is 13.8 Å². The lowest BCUT2D eigenvalue weighted by Crippen LogP contribution is -2.21. The fourth-order valence-electron chi connectivity index (χ4n) is 1.49. The van der Waals surface area contributed by atoms with Crippen molar-refractivity contribution >= 4 is 23.6 Å². The van der Waals surface area contributed by atoms with E-state index in [1.807, 2.05) is 0 Å². The fraction of sp³-hybridized carbons (Fsp3) is 0.500. The Balaban J connectivity index is 2.83. The van der Waals surface area contributed by atoms with E-state index in [9.17, 15) is 9.59 Å². The van der Waals surface area contributed by atoms with Crippen LogP contribution < -0.4 is 0 Å². The second-order valence-electron chi connectivity index (χ2n) is 4.23. The predicted molar refractivity (Wildman–Crippen MR) is 72.5 cm³/mol. The Morgan fingerprint density at radius 3 is 2.42 bits per heavy atom. The van der Waals surface area contributed by atoms with Crippen LogP contribution in [0.1, 0.15) is 28.3 Å². The molecule has 0 spiro atoms. The highest BCUT2D eigenvalue weighted by atomic mass is 32.2. The SMILES string of the molecule is Cc1nc(C)c(C(=O)O)c(SCCC(=O)N(C)C)n1. The van der Waals surface area contributed by atoms with E-state index in [2.05, 4.69) is 9.97 Å². The molecule has 1 heterocycles. The van der Waals surface area contributed by atoms with Gasteiger partial charge in [-0.15, -0.1) is 11.8 Å². The Morgan fingerprint density at radius 1 is 1.26 bits per heavy atom. The molecule has 0 bridgehead atoms. The molecule has 0 radical (unpaired) electrons. The number of carbonyl (C=O) groups is 2. The number of carbonyl (C=O) groups excluding carboxylic acids is 1. The highest BCUT2D eigenvalue weighted by Crippen LogP contribution is 2.23. The third-order valence-corrected chi connectivity index (χ3v) is 3.41. The maximum atomic E-state index is 11.4. The van der Waals surface area contributed by atoms with Crippen LogP contribution in [0.25, 0.3) is 0 Å². The lowest BCUT2D eigenvalue weighted by molar-refractivity contribution is -0.128. The Kier molecular flexibility index (Phi) is 5.29. The number of hydrogen-bond donors (Lipinski definition) is 1. The summed E-state index contributed by atoms with van der Waals surface area (Å²) in [6.07, 6.45) is 0.346. The molecule has 7 heteroatoms. The number of aromatic nitrogens is 2. The molecular weight excluding hydrogens is 266 g/mol. The minimum atomic E-state index is -1.04. The number of aromatic carboxylic acids is 1. The van der Waals surface area contributed by atoms with Crippen molar-refractivity contribution in [1.29, 1.82) is 0 Å².